The van der Waals surface area contributed by atoms with Crippen molar-refractivity contribution >= 4 is 5.78 Å². The summed E-state index contributed by atoms with van der Waals surface area (Å²) in [7, 11) is 4.15. The van der Waals surface area contributed by atoms with E-state index in [9.17, 15) is 4.79 Å². The number of carbonyl (C=O) groups is 1. The maximum atomic E-state index is 13.6. The van der Waals surface area contributed by atoms with Crippen LogP contribution in [0.2, 0.25) is 0 Å². The van der Waals surface area contributed by atoms with Crippen molar-refractivity contribution in [1.82, 2.24) is 4.90 Å². The number of Topliss-reactive ketones (excluding diaryl/α,β-unsaturated/α-hetero) is 1. The van der Waals surface area contributed by atoms with Gasteiger partial charge in [-0.05, 0) is 58.0 Å². The molecule has 2 rings (SSSR count). The Morgan fingerprint density at radius 1 is 0.962 bits per heavy atom. The van der Waals surface area contributed by atoms with E-state index in [2.05, 4.69) is 50.2 Å². The lowest BCUT2D eigenvalue weighted by molar-refractivity contribution is -0.124. The van der Waals surface area contributed by atoms with Gasteiger partial charge in [0.1, 0.15) is 5.78 Å². The van der Waals surface area contributed by atoms with E-state index in [4.69, 9.17) is 5.73 Å². The van der Waals surface area contributed by atoms with Gasteiger partial charge in [-0.3, -0.25) is 4.79 Å². The molecule has 0 spiro atoms. The van der Waals surface area contributed by atoms with Crippen molar-refractivity contribution in [3.05, 3.63) is 71.8 Å². The van der Waals surface area contributed by atoms with Gasteiger partial charge in [-0.25, -0.2) is 0 Å². The van der Waals surface area contributed by atoms with Crippen molar-refractivity contribution in [2.24, 2.45) is 5.73 Å². The zero-order chi connectivity index (χ0) is 19.0. The van der Waals surface area contributed by atoms with E-state index in [0.717, 1.165) is 30.4 Å². The Balaban J connectivity index is 2.57. The van der Waals surface area contributed by atoms with Gasteiger partial charge in [0.2, 0.25) is 0 Å². The quantitative estimate of drug-likeness (QED) is 0.657. The third-order valence-corrected chi connectivity index (χ3v) is 5.35. The summed E-state index contributed by atoms with van der Waals surface area (Å²) >= 11 is 0. The molecule has 3 heteroatoms. The Bertz CT molecular complexity index is 628. The molecule has 0 heterocycles. The first kappa shape index (κ1) is 20.3. The number of hydrogen-bond acceptors (Lipinski definition) is 3. The topological polar surface area (TPSA) is 46.3 Å². The molecule has 2 N–H and O–H groups in total. The van der Waals surface area contributed by atoms with E-state index in [1.54, 1.807) is 0 Å². The van der Waals surface area contributed by atoms with Gasteiger partial charge in [-0.1, -0.05) is 60.7 Å². The van der Waals surface area contributed by atoms with Gasteiger partial charge >= 0.3 is 0 Å². The van der Waals surface area contributed by atoms with Crippen LogP contribution in [0.25, 0.3) is 0 Å². The van der Waals surface area contributed by atoms with E-state index >= 15 is 0 Å². The summed E-state index contributed by atoms with van der Waals surface area (Å²) in [6, 6.07) is 20.8. The van der Waals surface area contributed by atoms with Crippen LogP contribution in [0.15, 0.2) is 60.7 Å². The molecule has 0 aromatic heterocycles. The van der Waals surface area contributed by atoms with Crippen LogP contribution < -0.4 is 5.73 Å². The molecule has 0 amide bonds. The van der Waals surface area contributed by atoms with Crippen LogP contribution >= 0.6 is 0 Å². The highest BCUT2D eigenvalue weighted by atomic mass is 16.1. The number of benzene rings is 2. The summed E-state index contributed by atoms with van der Waals surface area (Å²) in [5, 5.41) is 0. The molecule has 0 aliphatic heterocycles. The normalized spacial score (nSPS) is 13.0. The monoisotopic (exact) mass is 352 g/mol. The van der Waals surface area contributed by atoms with Crippen LogP contribution in [0.1, 0.15) is 43.7 Å². The molecule has 1 atom stereocenters. The lowest BCUT2D eigenvalue weighted by Crippen LogP contribution is -2.43. The van der Waals surface area contributed by atoms with Gasteiger partial charge in [0, 0.05) is 12.5 Å². The number of hydrogen-bond donors (Lipinski definition) is 1. The van der Waals surface area contributed by atoms with Crippen LogP contribution in [0, 0.1) is 0 Å². The van der Waals surface area contributed by atoms with Crippen molar-refractivity contribution < 1.29 is 4.79 Å². The average Bonchev–Trinajstić information content (AvgIpc) is 2.67. The predicted octanol–water partition coefficient (Wildman–Crippen LogP) is 4.01. The Morgan fingerprint density at radius 2 is 1.46 bits per heavy atom. The predicted molar refractivity (Wildman–Crippen MR) is 109 cm³/mol. The molecule has 0 saturated carbocycles. The lowest BCUT2D eigenvalue weighted by Gasteiger charge is -2.38. The summed E-state index contributed by atoms with van der Waals surface area (Å²) in [5.74, 6) is 0.289. The molecule has 2 aromatic rings. The van der Waals surface area contributed by atoms with Crippen molar-refractivity contribution in [3.63, 3.8) is 0 Å². The first-order valence-corrected chi connectivity index (χ1v) is 9.53. The smallest absolute Gasteiger partial charge is 0.147 e. The van der Waals surface area contributed by atoms with Crippen LogP contribution in [-0.2, 0) is 10.2 Å². The Kier molecular flexibility index (Phi) is 7.55. The SMILES string of the molecule is CC(CC(C(=O)CCCCN)(c1ccccc1)c1ccccc1)N(C)C. The maximum Gasteiger partial charge on any atom is 0.147 e. The second kappa shape index (κ2) is 9.65. The fourth-order valence-corrected chi connectivity index (χ4v) is 3.55. The lowest BCUT2D eigenvalue weighted by atomic mass is 9.66. The molecule has 0 radical (unpaired) electrons. The van der Waals surface area contributed by atoms with Gasteiger partial charge in [0.05, 0.1) is 5.41 Å². The van der Waals surface area contributed by atoms with Gasteiger partial charge in [0.15, 0.2) is 0 Å². The summed E-state index contributed by atoms with van der Waals surface area (Å²) in [5.41, 5.74) is 7.19. The molecule has 2 aromatic carbocycles. The number of nitrogens with two attached hydrogens (primary N) is 1. The number of nitrogens with zero attached hydrogens (tertiary/aromatic N) is 1. The van der Waals surface area contributed by atoms with Gasteiger partial charge in [-0.2, -0.15) is 0 Å². The molecule has 140 valence electrons. The fourth-order valence-electron chi connectivity index (χ4n) is 3.55. The minimum atomic E-state index is -0.624. The molecule has 0 saturated heterocycles. The Hall–Kier alpha value is -1.97. The third kappa shape index (κ3) is 4.60. The van der Waals surface area contributed by atoms with E-state index in [1.165, 1.54) is 0 Å². The van der Waals surface area contributed by atoms with Crippen molar-refractivity contribution in [1.29, 1.82) is 0 Å². The van der Waals surface area contributed by atoms with Crippen LogP contribution in [0.5, 0.6) is 0 Å². The van der Waals surface area contributed by atoms with Crippen LogP contribution in [0.4, 0.5) is 0 Å². The molecule has 0 aliphatic rings. The van der Waals surface area contributed by atoms with E-state index < -0.39 is 5.41 Å². The average molecular weight is 353 g/mol. The molecular weight excluding hydrogens is 320 g/mol. The minimum Gasteiger partial charge on any atom is -0.330 e. The first-order valence-electron chi connectivity index (χ1n) is 9.53. The van der Waals surface area contributed by atoms with Crippen molar-refractivity contribution in [2.45, 2.75) is 44.1 Å². The zero-order valence-corrected chi connectivity index (χ0v) is 16.3. The summed E-state index contributed by atoms with van der Waals surface area (Å²) < 4.78 is 0. The second-order valence-corrected chi connectivity index (χ2v) is 7.32. The Morgan fingerprint density at radius 3 is 1.88 bits per heavy atom. The fraction of sp³-hybridized carbons (Fsp3) is 0.435. The summed E-state index contributed by atoms with van der Waals surface area (Å²) in [6.07, 6.45) is 3.04. The first-order chi connectivity index (χ1) is 12.5. The van der Waals surface area contributed by atoms with Crippen molar-refractivity contribution in [2.75, 3.05) is 20.6 Å². The summed E-state index contributed by atoms with van der Waals surface area (Å²) in [4.78, 5) is 15.8. The number of rotatable bonds is 10. The summed E-state index contributed by atoms with van der Waals surface area (Å²) in [6.45, 7) is 2.82. The standard InChI is InChI=1S/C23H32N2O/c1-19(25(2)3)18-23(20-12-6-4-7-13-20,21-14-8-5-9-15-21)22(26)16-10-11-17-24/h4-9,12-15,19H,10-11,16-18,24H2,1-3H3. The molecule has 0 bridgehead atoms. The van der Waals surface area contributed by atoms with Gasteiger partial charge in [-0.15, -0.1) is 0 Å². The van der Waals surface area contributed by atoms with Gasteiger partial charge in [0.25, 0.3) is 0 Å². The highest BCUT2D eigenvalue weighted by Crippen LogP contribution is 2.39. The molecule has 0 fully saturated rings. The molecule has 3 nitrogen and oxygen atoms in total. The number of carbonyl (C=O) groups excluding carboxylic acids is 1. The third-order valence-electron chi connectivity index (χ3n) is 5.35. The molecule has 0 aliphatic carbocycles. The van der Waals surface area contributed by atoms with Crippen molar-refractivity contribution in [3.8, 4) is 0 Å². The van der Waals surface area contributed by atoms with Gasteiger partial charge < -0.3 is 10.6 Å². The number of unbranched alkanes of at least 4 members (excludes halogenated alkanes) is 1. The minimum absolute atomic E-state index is 0.272. The molecule has 26 heavy (non-hydrogen) atoms. The molecular formula is C23H32N2O. The van der Waals surface area contributed by atoms with Crippen LogP contribution in [0.3, 0.4) is 0 Å². The second-order valence-electron chi connectivity index (χ2n) is 7.32. The Labute approximate surface area is 158 Å². The van der Waals surface area contributed by atoms with Crippen LogP contribution in [-0.4, -0.2) is 37.4 Å². The molecule has 1 unspecified atom stereocenters. The highest BCUT2D eigenvalue weighted by molar-refractivity contribution is 5.94. The maximum absolute atomic E-state index is 13.6. The number of ketones is 1. The van der Waals surface area contributed by atoms with E-state index in [1.807, 2.05) is 36.4 Å². The highest BCUT2D eigenvalue weighted by Gasteiger charge is 2.42. The largest absolute Gasteiger partial charge is 0.330 e. The van der Waals surface area contributed by atoms with E-state index in [0.29, 0.717) is 13.0 Å². The van der Waals surface area contributed by atoms with E-state index in [-0.39, 0.29) is 11.8 Å². The zero-order valence-electron chi connectivity index (χ0n) is 16.3.